The minimum atomic E-state index is -3.82. The smallest absolute Gasteiger partial charge is 0.263 e. The average molecular weight is 367 g/mol. The van der Waals surface area contributed by atoms with Crippen LogP contribution in [0.1, 0.15) is 13.8 Å². The Hall–Kier alpha value is -2.25. The van der Waals surface area contributed by atoms with Gasteiger partial charge in [-0.1, -0.05) is 22.8 Å². The van der Waals surface area contributed by atoms with Crippen molar-refractivity contribution < 1.29 is 17.7 Å². The summed E-state index contributed by atoms with van der Waals surface area (Å²) in [6.07, 6.45) is 0.00854. The number of nitrogens with one attached hydrogen (secondary N) is 1. The van der Waals surface area contributed by atoms with E-state index in [1.807, 2.05) is 13.8 Å². The summed E-state index contributed by atoms with van der Waals surface area (Å²) >= 11 is 6.10. The third kappa shape index (κ3) is 3.32. The van der Waals surface area contributed by atoms with Gasteiger partial charge in [-0.25, -0.2) is 8.42 Å². The Labute approximate surface area is 144 Å². The van der Waals surface area contributed by atoms with Gasteiger partial charge in [-0.3, -0.25) is 4.72 Å². The highest BCUT2D eigenvalue weighted by Gasteiger charge is 2.20. The molecule has 0 radical (unpaired) electrons. The molecule has 0 bridgehead atoms. The number of rotatable bonds is 5. The molecule has 0 saturated carbocycles. The maximum atomic E-state index is 12.5. The van der Waals surface area contributed by atoms with Crippen molar-refractivity contribution in [2.24, 2.45) is 0 Å². The second-order valence-electron chi connectivity index (χ2n) is 5.39. The Morgan fingerprint density at radius 3 is 2.54 bits per heavy atom. The lowest BCUT2D eigenvalue weighted by atomic mass is 10.2. The fourth-order valence-electron chi connectivity index (χ4n) is 2.18. The molecule has 24 heavy (non-hydrogen) atoms. The Morgan fingerprint density at radius 2 is 1.88 bits per heavy atom. The molecule has 6 nitrogen and oxygen atoms in total. The van der Waals surface area contributed by atoms with Gasteiger partial charge in [-0.2, -0.15) is 0 Å². The highest BCUT2D eigenvalue weighted by Crippen LogP contribution is 2.31. The van der Waals surface area contributed by atoms with Crippen LogP contribution in [0.25, 0.3) is 11.0 Å². The SMILES string of the molecule is CC(C)Oc1ccc(S(=O)(=O)Nc2noc3cccc(Cl)c23)cc1. The van der Waals surface area contributed by atoms with Crippen molar-refractivity contribution >= 4 is 38.4 Å². The second kappa shape index (κ2) is 6.33. The molecule has 2 aromatic carbocycles. The van der Waals surface area contributed by atoms with Crippen molar-refractivity contribution in [3.05, 3.63) is 47.5 Å². The van der Waals surface area contributed by atoms with Crippen LogP contribution < -0.4 is 9.46 Å². The Morgan fingerprint density at radius 1 is 1.17 bits per heavy atom. The van der Waals surface area contributed by atoms with Crippen LogP contribution in [0.3, 0.4) is 0 Å². The number of hydrogen-bond acceptors (Lipinski definition) is 5. The molecule has 3 rings (SSSR count). The van der Waals surface area contributed by atoms with Gasteiger partial charge < -0.3 is 9.26 Å². The highest BCUT2D eigenvalue weighted by atomic mass is 35.5. The first-order valence-corrected chi connectivity index (χ1v) is 9.06. The molecule has 0 aliphatic rings. The number of nitrogens with zero attached hydrogens (tertiary/aromatic N) is 1. The largest absolute Gasteiger partial charge is 0.491 e. The molecule has 126 valence electrons. The molecule has 0 saturated heterocycles. The van der Waals surface area contributed by atoms with E-state index < -0.39 is 10.0 Å². The van der Waals surface area contributed by atoms with Crippen LogP contribution in [-0.2, 0) is 10.0 Å². The van der Waals surface area contributed by atoms with Crippen molar-refractivity contribution in [1.29, 1.82) is 0 Å². The number of ether oxygens (including phenoxy) is 1. The zero-order valence-corrected chi connectivity index (χ0v) is 14.6. The van der Waals surface area contributed by atoms with E-state index >= 15 is 0 Å². The molecule has 0 aliphatic heterocycles. The fourth-order valence-corrected chi connectivity index (χ4v) is 3.44. The average Bonchev–Trinajstić information content (AvgIpc) is 2.91. The van der Waals surface area contributed by atoms with Crippen LogP contribution in [0.4, 0.5) is 5.82 Å². The normalized spacial score (nSPS) is 11.8. The van der Waals surface area contributed by atoms with E-state index in [9.17, 15) is 8.42 Å². The molecule has 0 unspecified atom stereocenters. The number of anilines is 1. The van der Waals surface area contributed by atoms with Gasteiger partial charge in [0.15, 0.2) is 11.4 Å². The summed E-state index contributed by atoms with van der Waals surface area (Å²) in [6, 6.07) is 11.1. The first kappa shape index (κ1) is 16.6. The number of fused-ring (bicyclic) bond motifs is 1. The van der Waals surface area contributed by atoms with Gasteiger partial charge in [-0.05, 0) is 50.2 Å². The van der Waals surface area contributed by atoms with Crippen molar-refractivity contribution in [3.63, 3.8) is 0 Å². The van der Waals surface area contributed by atoms with Crippen molar-refractivity contribution in [2.75, 3.05) is 4.72 Å². The summed E-state index contributed by atoms with van der Waals surface area (Å²) in [7, 11) is -3.82. The van der Waals surface area contributed by atoms with Gasteiger partial charge in [0, 0.05) is 0 Å². The minimum Gasteiger partial charge on any atom is -0.491 e. The Bertz CT molecular complexity index is 965. The molecule has 3 aromatic rings. The van der Waals surface area contributed by atoms with Gasteiger partial charge in [-0.15, -0.1) is 0 Å². The highest BCUT2D eigenvalue weighted by molar-refractivity contribution is 7.92. The van der Waals surface area contributed by atoms with Gasteiger partial charge >= 0.3 is 0 Å². The summed E-state index contributed by atoms with van der Waals surface area (Å²) in [5.41, 5.74) is 0.404. The standard InChI is InChI=1S/C16H15ClN2O4S/c1-10(2)22-11-6-8-12(9-7-11)24(20,21)19-16-15-13(17)4-3-5-14(15)23-18-16/h3-10H,1-2H3,(H,18,19). The van der Waals surface area contributed by atoms with E-state index in [0.717, 1.165) is 0 Å². The summed E-state index contributed by atoms with van der Waals surface area (Å²) in [4.78, 5) is 0.0850. The van der Waals surface area contributed by atoms with Crippen LogP contribution >= 0.6 is 11.6 Å². The topological polar surface area (TPSA) is 81.4 Å². The molecule has 0 aliphatic carbocycles. The fraction of sp³-hybridized carbons (Fsp3) is 0.188. The van der Waals surface area contributed by atoms with Crippen LogP contribution in [0, 0.1) is 0 Å². The lowest BCUT2D eigenvalue weighted by Crippen LogP contribution is -2.13. The molecule has 0 spiro atoms. The molecule has 1 N–H and O–H groups in total. The molecular weight excluding hydrogens is 352 g/mol. The zero-order chi connectivity index (χ0) is 17.3. The van der Waals surface area contributed by atoms with E-state index in [1.54, 1.807) is 30.3 Å². The Kier molecular flexibility index (Phi) is 4.38. The molecule has 1 heterocycles. The van der Waals surface area contributed by atoms with Gasteiger partial charge in [0.25, 0.3) is 10.0 Å². The zero-order valence-electron chi connectivity index (χ0n) is 13.0. The van der Waals surface area contributed by atoms with Crippen molar-refractivity contribution in [2.45, 2.75) is 24.8 Å². The van der Waals surface area contributed by atoms with E-state index in [4.69, 9.17) is 20.9 Å². The number of aromatic nitrogens is 1. The lowest BCUT2D eigenvalue weighted by Gasteiger charge is -2.10. The monoisotopic (exact) mass is 366 g/mol. The maximum absolute atomic E-state index is 12.5. The van der Waals surface area contributed by atoms with Crippen molar-refractivity contribution in [1.82, 2.24) is 5.16 Å². The first-order valence-electron chi connectivity index (χ1n) is 7.20. The molecule has 1 aromatic heterocycles. The predicted molar refractivity (Wildman–Crippen MR) is 92.0 cm³/mol. The van der Waals surface area contributed by atoms with Gasteiger partial charge in [0.1, 0.15) is 5.75 Å². The van der Waals surface area contributed by atoms with E-state index in [-0.39, 0.29) is 16.8 Å². The molecular formula is C16H15ClN2O4S. The minimum absolute atomic E-state index is 0.00854. The van der Waals surface area contributed by atoms with Gasteiger partial charge in [0.05, 0.1) is 21.4 Å². The molecule has 0 amide bonds. The van der Waals surface area contributed by atoms with Crippen LogP contribution in [0.15, 0.2) is 51.9 Å². The summed E-state index contributed by atoms with van der Waals surface area (Å²) < 4.78 is 38.0. The first-order chi connectivity index (χ1) is 11.4. The third-order valence-corrected chi connectivity index (χ3v) is 4.85. The number of sulfonamides is 1. The van der Waals surface area contributed by atoms with Gasteiger partial charge in [0.2, 0.25) is 0 Å². The number of hydrogen-bond donors (Lipinski definition) is 1. The van der Waals surface area contributed by atoms with E-state index in [2.05, 4.69) is 9.88 Å². The Balaban J connectivity index is 1.90. The van der Waals surface area contributed by atoms with Crippen LogP contribution in [-0.4, -0.2) is 19.7 Å². The lowest BCUT2D eigenvalue weighted by molar-refractivity contribution is 0.242. The maximum Gasteiger partial charge on any atom is 0.263 e. The quantitative estimate of drug-likeness (QED) is 0.736. The molecule has 0 atom stereocenters. The summed E-state index contributed by atoms with van der Waals surface area (Å²) in [5, 5.41) is 4.52. The van der Waals surface area contributed by atoms with E-state index in [1.165, 1.54) is 12.1 Å². The summed E-state index contributed by atoms with van der Waals surface area (Å²) in [6.45, 7) is 3.79. The number of benzene rings is 2. The second-order valence-corrected chi connectivity index (χ2v) is 7.48. The summed E-state index contributed by atoms with van der Waals surface area (Å²) in [5.74, 6) is 0.650. The van der Waals surface area contributed by atoms with Crippen LogP contribution in [0.5, 0.6) is 5.75 Å². The molecule has 0 fully saturated rings. The predicted octanol–water partition coefficient (Wildman–Crippen LogP) is 4.07. The van der Waals surface area contributed by atoms with E-state index in [0.29, 0.717) is 21.7 Å². The third-order valence-electron chi connectivity index (χ3n) is 3.18. The van der Waals surface area contributed by atoms with Crippen molar-refractivity contribution in [3.8, 4) is 5.75 Å². The molecule has 8 heteroatoms. The number of halogens is 1. The van der Waals surface area contributed by atoms with Crippen LogP contribution in [0.2, 0.25) is 5.02 Å².